The maximum atomic E-state index is 6.44. The molecule has 2 heterocycles. The van der Waals surface area contributed by atoms with Gasteiger partial charge in [0.1, 0.15) is 11.2 Å². The molecule has 0 saturated heterocycles. The topological polar surface area (TPSA) is 51.8 Å². The van der Waals surface area contributed by atoms with Crippen LogP contribution in [-0.4, -0.2) is 15.0 Å². The fraction of sp³-hybridized carbons (Fsp3) is 0. The fourth-order valence-corrected chi connectivity index (χ4v) is 6.41. The van der Waals surface area contributed by atoms with Gasteiger partial charge in [0, 0.05) is 32.8 Å². The first-order chi connectivity index (χ1) is 23.3. The summed E-state index contributed by atoms with van der Waals surface area (Å²) in [6.45, 7) is 0. The zero-order valence-corrected chi connectivity index (χ0v) is 25.3. The maximum Gasteiger partial charge on any atom is 0.164 e. The molecule has 0 N–H and O–H groups in total. The number of fused-ring (bicyclic) bond motifs is 5. The Morgan fingerprint density at radius 1 is 0.362 bits per heavy atom. The summed E-state index contributed by atoms with van der Waals surface area (Å²) in [5, 5.41) is 4.53. The van der Waals surface area contributed by atoms with Gasteiger partial charge in [0.05, 0.1) is 0 Å². The molecule has 0 radical (unpaired) electrons. The molecule has 4 nitrogen and oxygen atoms in total. The number of furan rings is 1. The zero-order chi connectivity index (χ0) is 31.2. The summed E-state index contributed by atoms with van der Waals surface area (Å²) in [5.41, 5.74) is 9.10. The summed E-state index contributed by atoms with van der Waals surface area (Å²) in [6.07, 6.45) is 0. The Morgan fingerprint density at radius 3 is 1.70 bits per heavy atom. The van der Waals surface area contributed by atoms with Crippen molar-refractivity contribution < 1.29 is 4.42 Å². The van der Waals surface area contributed by atoms with E-state index in [1.165, 1.54) is 5.39 Å². The molecule has 0 unspecified atom stereocenters. The van der Waals surface area contributed by atoms with Crippen molar-refractivity contribution in [2.75, 3.05) is 0 Å². The molecule has 220 valence electrons. The standard InChI is InChI=1S/C43H27N3O/c1-3-11-28(12-4-1)33-16-9-17-34(27-33)43-45-41(31-14-5-2-6-15-31)44-42(46-43)32-23-21-30(22-24-32)35-19-10-20-38-39(35)37-26-25-29-13-7-8-18-36(29)40(37)47-38/h1-27H. The van der Waals surface area contributed by atoms with E-state index in [4.69, 9.17) is 19.4 Å². The minimum absolute atomic E-state index is 0.629. The lowest BCUT2D eigenvalue weighted by Crippen LogP contribution is -2.00. The summed E-state index contributed by atoms with van der Waals surface area (Å²) in [7, 11) is 0. The van der Waals surface area contributed by atoms with E-state index >= 15 is 0 Å². The second kappa shape index (κ2) is 11.2. The average Bonchev–Trinajstić information content (AvgIpc) is 3.55. The van der Waals surface area contributed by atoms with Crippen molar-refractivity contribution in [1.29, 1.82) is 0 Å². The lowest BCUT2D eigenvalue weighted by molar-refractivity contribution is 0.673. The van der Waals surface area contributed by atoms with Crippen LogP contribution in [0.25, 0.3) is 89.1 Å². The lowest BCUT2D eigenvalue weighted by Gasteiger charge is -2.10. The Balaban J connectivity index is 1.15. The van der Waals surface area contributed by atoms with Gasteiger partial charge < -0.3 is 4.42 Å². The monoisotopic (exact) mass is 601 g/mol. The van der Waals surface area contributed by atoms with Crippen molar-refractivity contribution in [2.24, 2.45) is 0 Å². The van der Waals surface area contributed by atoms with Gasteiger partial charge in [-0.05, 0) is 45.8 Å². The van der Waals surface area contributed by atoms with E-state index in [1.807, 2.05) is 42.5 Å². The Hall–Kier alpha value is -6.39. The van der Waals surface area contributed by atoms with Gasteiger partial charge in [-0.2, -0.15) is 0 Å². The predicted molar refractivity (Wildman–Crippen MR) is 192 cm³/mol. The molecule has 0 fully saturated rings. The summed E-state index contributed by atoms with van der Waals surface area (Å²) >= 11 is 0. The molecule has 2 aromatic heterocycles. The van der Waals surface area contributed by atoms with E-state index in [0.717, 1.165) is 66.3 Å². The third-order valence-electron chi connectivity index (χ3n) is 8.74. The van der Waals surface area contributed by atoms with Crippen LogP contribution in [0.1, 0.15) is 0 Å². The van der Waals surface area contributed by atoms with Crippen LogP contribution in [0.2, 0.25) is 0 Å². The molecule has 0 aliphatic heterocycles. The van der Waals surface area contributed by atoms with Gasteiger partial charge in [0.25, 0.3) is 0 Å². The first-order valence-corrected chi connectivity index (χ1v) is 15.7. The number of hydrogen-bond acceptors (Lipinski definition) is 4. The summed E-state index contributed by atoms with van der Waals surface area (Å²) in [4.78, 5) is 14.9. The molecule has 4 heteroatoms. The van der Waals surface area contributed by atoms with Crippen molar-refractivity contribution in [3.63, 3.8) is 0 Å². The second-order valence-electron chi connectivity index (χ2n) is 11.6. The Morgan fingerprint density at radius 2 is 0.936 bits per heavy atom. The normalized spacial score (nSPS) is 11.4. The quantitative estimate of drug-likeness (QED) is 0.197. The van der Waals surface area contributed by atoms with Crippen LogP contribution in [0.4, 0.5) is 0 Å². The number of aromatic nitrogens is 3. The average molecular weight is 602 g/mol. The van der Waals surface area contributed by atoms with Gasteiger partial charge >= 0.3 is 0 Å². The maximum absolute atomic E-state index is 6.44. The van der Waals surface area contributed by atoms with Gasteiger partial charge in [-0.3, -0.25) is 0 Å². The van der Waals surface area contributed by atoms with E-state index in [0.29, 0.717) is 17.5 Å². The summed E-state index contributed by atoms with van der Waals surface area (Å²) in [6, 6.07) is 56.3. The molecule has 0 atom stereocenters. The van der Waals surface area contributed by atoms with Gasteiger partial charge in [-0.25, -0.2) is 15.0 Å². The summed E-state index contributed by atoms with van der Waals surface area (Å²) in [5.74, 6) is 1.91. The van der Waals surface area contributed by atoms with E-state index in [2.05, 4.69) is 121 Å². The van der Waals surface area contributed by atoms with Crippen LogP contribution in [0.5, 0.6) is 0 Å². The summed E-state index contributed by atoms with van der Waals surface area (Å²) < 4.78 is 6.44. The highest BCUT2D eigenvalue weighted by atomic mass is 16.3. The van der Waals surface area contributed by atoms with Gasteiger partial charge in [-0.1, -0.05) is 146 Å². The predicted octanol–water partition coefficient (Wildman–Crippen LogP) is 11.3. The molecule has 0 aliphatic rings. The van der Waals surface area contributed by atoms with Crippen molar-refractivity contribution in [3.05, 3.63) is 164 Å². The van der Waals surface area contributed by atoms with E-state index in [9.17, 15) is 0 Å². The van der Waals surface area contributed by atoms with Crippen molar-refractivity contribution >= 4 is 32.7 Å². The highest BCUT2D eigenvalue weighted by Crippen LogP contribution is 2.40. The molecule has 47 heavy (non-hydrogen) atoms. The van der Waals surface area contributed by atoms with E-state index < -0.39 is 0 Å². The number of nitrogens with zero attached hydrogens (tertiary/aromatic N) is 3. The molecule has 9 aromatic rings. The van der Waals surface area contributed by atoms with Crippen molar-refractivity contribution in [1.82, 2.24) is 15.0 Å². The minimum Gasteiger partial charge on any atom is -0.455 e. The Bertz CT molecular complexity index is 2550. The van der Waals surface area contributed by atoms with Crippen molar-refractivity contribution in [2.45, 2.75) is 0 Å². The van der Waals surface area contributed by atoms with Gasteiger partial charge in [-0.15, -0.1) is 0 Å². The highest BCUT2D eigenvalue weighted by Gasteiger charge is 2.16. The first-order valence-electron chi connectivity index (χ1n) is 15.7. The fourth-order valence-electron chi connectivity index (χ4n) is 6.41. The largest absolute Gasteiger partial charge is 0.455 e. The molecule has 9 rings (SSSR count). The smallest absolute Gasteiger partial charge is 0.164 e. The SMILES string of the molecule is c1ccc(-c2cccc(-c3nc(-c4ccccc4)nc(-c4ccc(-c5cccc6oc7c8ccccc8ccc7c56)cc4)n3)c2)cc1. The Labute approximate surface area is 271 Å². The van der Waals surface area contributed by atoms with Crippen LogP contribution in [-0.2, 0) is 0 Å². The zero-order valence-electron chi connectivity index (χ0n) is 25.3. The van der Waals surface area contributed by atoms with E-state index in [1.54, 1.807) is 0 Å². The van der Waals surface area contributed by atoms with Crippen molar-refractivity contribution in [3.8, 4) is 56.4 Å². The van der Waals surface area contributed by atoms with Gasteiger partial charge in [0.15, 0.2) is 17.5 Å². The molecule has 0 saturated carbocycles. The van der Waals surface area contributed by atoms with Crippen LogP contribution < -0.4 is 0 Å². The molecule has 0 aliphatic carbocycles. The lowest BCUT2D eigenvalue weighted by atomic mass is 9.97. The Kier molecular flexibility index (Phi) is 6.43. The number of benzene rings is 7. The first kappa shape index (κ1) is 27.0. The molecule has 0 bridgehead atoms. The third-order valence-corrected chi connectivity index (χ3v) is 8.74. The minimum atomic E-state index is 0.629. The highest BCUT2D eigenvalue weighted by molar-refractivity contribution is 6.19. The third kappa shape index (κ3) is 4.84. The second-order valence-corrected chi connectivity index (χ2v) is 11.6. The molecule has 0 amide bonds. The molecule has 0 spiro atoms. The number of hydrogen-bond donors (Lipinski definition) is 0. The van der Waals surface area contributed by atoms with Crippen LogP contribution in [0.15, 0.2) is 168 Å². The van der Waals surface area contributed by atoms with Crippen LogP contribution in [0.3, 0.4) is 0 Å². The molecular weight excluding hydrogens is 574 g/mol. The van der Waals surface area contributed by atoms with Crippen LogP contribution in [0, 0.1) is 0 Å². The van der Waals surface area contributed by atoms with Gasteiger partial charge in [0.2, 0.25) is 0 Å². The van der Waals surface area contributed by atoms with E-state index in [-0.39, 0.29) is 0 Å². The van der Waals surface area contributed by atoms with Crippen LogP contribution >= 0.6 is 0 Å². The molecular formula is C43H27N3O. The number of rotatable bonds is 5. The molecule has 7 aromatic carbocycles.